The van der Waals surface area contributed by atoms with Crippen molar-refractivity contribution in [1.29, 1.82) is 0 Å². The number of hydrogen-bond donors (Lipinski definition) is 1. The van der Waals surface area contributed by atoms with E-state index in [2.05, 4.69) is 39.7 Å². The van der Waals surface area contributed by atoms with E-state index in [1.165, 1.54) is 5.56 Å². The number of hydrogen-bond acceptors (Lipinski definition) is 4. The smallest absolute Gasteiger partial charge is 0.227 e. The van der Waals surface area contributed by atoms with Crippen molar-refractivity contribution >= 4 is 5.91 Å². The van der Waals surface area contributed by atoms with Gasteiger partial charge in [0.15, 0.2) is 5.82 Å². The Kier molecular flexibility index (Phi) is 4.46. The third-order valence-electron chi connectivity index (χ3n) is 4.43. The fraction of sp³-hybridized carbons (Fsp3) is 0.500. The first-order valence-corrected chi connectivity index (χ1v) is 8.24. The third kappa shape index (κ3) is 3.78. The molecule has 0 bridgehead atoms. The Balaban J connectivity index is 1.46. The van der Waals surface area contributed by atoms with Crippen LogP contribution in [0.4, 0.5) is 0 Å². The molecule has 1 aromatic carbocycles. The van der Waals surface area contributed by atoms with Crippen molar-refractivity contribution in [2.75, 3.05) is 6.54 Å². The molecular formula is C18H23N3O2. The Hall–Kier alpha value is -2.17. The zero-order valence-electron chi connectivity index (χ0n) is 13.7. The normalized spacial score (nSPS) is 15.6. The Morgan fingerprint density at radius 1 is 1.30 bits per heavy atom. The quantitative estimate of drug-likeness (QED) is 0.853. The lowest BCUT2D eigenvalue weighted by molar-refractivity contribution is -0.121. The summed E-state index contributed by atoms with van der Waals surface area (Å²) in [7, 11) is 0. The van der Waals surface area contributed by atoms with Gasteiger partial charge in [-0.05, 0) is 18.4 Å². The van der Waals surface area contributed by atoms with Gasteiger partial charge in [0.1, 0.15) is 0 Å². The van der Waals surface area contributed by atoms with Crippen LogP contribution in [0.2, 0.25) is 0 Å². The van der Waals surface area contributed by atoms with E-state index < -0.39 is 0 Å². The molecule has 2 aromatic rings. The summed E-state index contributed by atoms with van der Waals surface area (Å²) in [6.45, 7) is 4.73. The molecule has 3 rings (SSSR count). The number of aryl methyl sites for hydroxylation is 1. The van der Waals surface area contributed by atoms with E-state index >= 15 is 0 Å². The highest BCUT2D eigenvalue weighted by atomic mass is 16.5. The van der Waals surface area contributed by atoms with Crippen LogP contribution in [0.1, 0.15) is 56.3 Å². The molecule has 1 amide bonds. The van der Waals surface area contributed by atoms with Crippen molar-refractivity contribution in [3.05, 3.63) is 47.6 Å². The van der Waals surface area contributed by atoms with Crippen LogP contribution in [0.5, 0.6) is 0 Å². The zero-order valence-corrected chi connectivity index (χ0v) is 13.7. The number of carbonyl (C=O) groups is 1. The summed E-state index contributed by atoms with van der Waals surface area (Å²) in [6, 6.07) is 10.4. The van der Waals surface area contributed by atoms with Gasteiger partial charge in [0.25, 0.3) is 0 Å². The van der Waals surface area contributed by atoms with Crippen LogP contribution in [0.3, 0.4) is 0 Å². The predicted octanol–water partition coefficient (Wildman–Crippen LogP) is 2.97. The standard InChI is InChI=1S/C18H23N3O2/c1-13(2)17-20-16(23-21-17)9-8-15(22)19-12-18(10-11-18)14-6-4-3-5-7-14/h3-7,13H,8-12H2,1-2H3,(H,19,22). The molecule has 0 radical (unpaired) electrons. The minimum Gasteiger partial charge on any atom is -0.355 e. The van der Waals surface area contributed by atoms with E-state index in [9.17, 15) is 4.79 Å². The van der Waals surface area contributed by atoms with Crippen LogP contribution >= 0.6 is 0 Å². The first-order valence-electron chi connectivity index (χ1n) is 8.24. The molecule has 5 nitrogen and oxygen atoms in total. The summed E-state index contributed by atoms with van der Waals surface area (Å²) in [5, 5.41) is 6.97. The molecule has 0 saturated heterocycles. The fourth-order valence-corrected chi connectivity index (χ4v) is 2.69. The highest BCUT2D eigenvalue weighted by Crippen LogP contribution is 2.47. The monoisotopic (exact) mass is 313 g/mol. The molecule has 0 unspecified atom stereocenters. The number of benzene rings is 1. The lowest BCUT2D eigenvalue weighted by atomic mass is 9.96. The zero-order chi connectivity index (χ0) is 16.3. The molecule has 1 aromatic heterocycles. The van der Waals surface area contributed by atoms with Gasteiger partial charge >= 0.3 is 0 Å². The Bertz CT molecular complexity index is 660. The van der Waals surface area contributed by atoms with E-state index in [4.69, 9.17) is 4.52 Å². The van der Waals surface area contributed by atoms with Gasteiger partial charge in [-0.15, -0.1) is 0 Å². The molecule has 0 spiro atoms. The molecule has 23 heavy (non-hydrogen) atoms. The number of rotatable bonds is 7. The van der Waals surface area contributed by atoms with Crippen molar-refractivity contribution in [3.63, 3.8) is 0 Å². The van der Waals surface area contributed by atoms with Crippen LogP contribution in [0.15, 0.2) is 34.9 Å². The number of nitrogens with zero attached hydrogens (tertiary/aromatic N) is 2. The van der Waals surface area contributed by atoms with E-state index in [0.29, 0.717) is 31.1 Å². The van der Waals surface area contributed by atoms with E-state index in [0.717, 1.165) is 12.8 Å². The van der Waals surface area contributed by atoms with Gasteiger partial charge in [-0.2, -0.15) is 4.98 Å². The maximum Gasteiger partial charge on any atom is 0.227 e. The minimum atomic E-state index is 0.0384. The van der Waals surface area contributed by atoms with Gasteiger partial charge < -0.3 is 9.84 Å². The van der Waals surface area contributed by atoms with Gasteiger partial charge in [-0.1, -0.05) is 49.3 Å². The van der Waals surface area contributed by atoms with Crippen LogP contribution in [-0.4, -0.2) is 22.6 Å². The van der Waals surface area contributed by atoms with Gasteiger partial charge in [0.2, 0.25) is 11.8 Å². The summed E-state index contributed by atoms with van der Waals surface area (Å²) >= 11 is 0. The van der Waals surface area contributed by atoms with E-state index in [1.54, 1.807) is 0 Å². The van der Waals surface area contributed by atoms with Crippen LogP contribution < -0.4 is 5.32 Å². The molecule has 1 N–H and O–H groups in total. The summed E-state index contributed by atoms with van der Waals surface area (Å²) in [4.78, 5) is 16.4. The number of amides is 1. The van der Waals surface area contributed by atoms with Crippen LogP contribution in [-0.2, 0) is 16.6 Å². The second-order valence-corrected chi connectivity index (χ2v) is 6.62. The highest BCUT2D eigenvalue weighted by molar-refractivity contribution is 5.76. The molecule has 1 aliphatic carbocycles. The second kappa shape index (κ2) is 6.52. The molecular weight excluding hydrogens is 290 g/mol. The summed E-state index contributed by atoms with van der Waals surface area (Å²) < 4.78 is 5.16. The largest absolute Gasteiger partial charge is 0.355 e. The predicted molar refractivity (Wildman–Crippen MR) is 87.1 cm³/mol. The molecule has 1 saturated carbocycles. The first kappa shape index (κ1) is 15.7. The second-order valence-electron chi connectivity index (χ2n) is 6.62. The minimum absolute atomic E-state index is 0.0384. The highest BCUT2D eigenvalue weighted by Gasteiger charge is 2.44. The maximum absolute atomic E-state index is 12.1. The van der Waals surface area contributed by atoms with Crippen LogP contribution in [0.25, 0.3) is 0 Å². The molecule has 5 heteroatoms. The van der Waals surface area contributed by atoms with Crippen molar-refractivity contribution in [2.45, 2.75) is 50.9 Å². The summed E-state index contributed by atoms with van der Waals surface area (Å²) in [6.07, 6.45) is 3.14. The Labute approximate surface area is 136 Å². The van der Waals surface area contributed by atoms with Crippen molar-refractivity contribution in [1.82, 2.24) is 15.5 Å². The van der Waals surface area contributed by atoms with Gasteiger partial charge in [0.05, 0.1) is 0 Å². The molecule has 122 valence electrons. The lowest BCUT2D eigenvalue weighted by Crippen LogP contribution is -2.32. The molecule has 1 aliphatic rings. The summed E-state index contributed by atoms with van der Waals surface area (Å²) in [5.41, 5.74) is 1.46. The lowest BCUT2D eigenvalue weighted by Gasteiger charge is -2.16. The van der Waals surface area contributed by atoms with E-state index in [1.807, 2.05) is 19.9 Å². The van der Waals surface area contributed by atoms with Crippen molar-refractivity contribution < 1.29 is 9.32 Å². The van der Waals surface area contributed by atoms with Crippen molar-refractivity contribution in [3.8, 4) is 0 Å². The summed E-state index contributed by atoms with van der Waals surface area (Å²) in [5.74, 6) is 1.51. The molecule has 1 fully saturated rings. The van der Waals surface area contributed by atoms with Gasteiger partial charge in [-0.25, -0.2) is 0 Å². The van der Waals surface area contributed by atoms with Crippen molar-refractivity contribution in [2.24, 2.45) is 0 Å². The maximum atomic E-state index is 12.1. The number of aromatic nitrogens is 2. The number of carbonyl (C=O) groups excluding carboxylic acids is 1. The Morgan fingerprint density at radius 3 is 2.65 bits per heavy atom. The van der Waals surface area contributed by atoms with Crippen LogP contribution in [0, 0.1) is 0 Å². The first-order chi connectivity index (χ1) is 11.1. The van der Waals surface area contributed by atoms with Gasteiger partial charge in [-0.3, -0.25) is 4.79 Å². The SMILES string of the molecule is CC(C)c1noc(CCC(=O)NCC2(c3ccccc3)CC2)n1. The topological polar surface area (TPSA) is 68.0 Å². The molecule has 0 aliphatic heterocycles. The van der Waals surface area contributed by atoms with E-state index in [-0.39, 0.29) is 17.2 Å². The molecule has 0 atom stereocenters. The Morgan fingerprint density at radius 2 is 2.04 bits per heavy atom. The van der Waals surface area contributed by atoms with Gasteiger partial charge in [0, 0.05) is 30.7 Å². The average Bonchev–Trinajstić information content (AvgIpc) is 3.20. The number of nitrogens with one attached hydrogen (secondary N) is 1. The third-order valence-corrected chi connectivity index (χ3v) is 4.43. The fourth-order valence-electron chi connectivity index (χ4n) is 2.69. The average molecular weight is 313 g/mol. The molecule has 1 heterocycles.